The minimum atomic E-state index is -0.199. The highest BCUT2D eigenvalue weighted by atomic mass is 35.5. The van der Waals surface area contributed by atoms with Crippen LogP contribution in [0.2, 0.25) is 0 Å². The van der Waals surface area contributed by atoms with Crippen LogP contribution in [0.15, 0.2) is 24.3 Å². The maximum absolute atomic E-state index is 11.0. The van der Waals surface area contributed by atoms with Crippen LogP contribution in [0.1, 0.15) is 20.3 Å². The summed E-state index contributed by atoms with van der Waals surface area (Å²) in [5.41, 5.74) is 5.93. The summed E-state index contributed by atoms with van der Waals surface area (Å²) in [5, 5.41) is 2.67. The first-order valence-electron chi connectivity index (χ1n) is 5.42. The minimum Gasteiger partial charge on any atom is -0.491 e. The van der Waals surface area contributed by atoms with Gasteiger partial charge in [-0.3, -0.25) is 4.79 Å². The molecule has 0 bridgehead atoms. The van der Waals surface area contributed by atoms with Gasteiger partial charge in [0.15, 0.2) is 0 Å². The molecule has 96 valence electrons. The third-order valence-corrected chi connectivity index (χ3v) is 2.24. The van der Waals surface area contributed by atoms with Crippen LogP contribution in [0, 0.1) is 0 Å². The molecule has 17 heavy (non-hydrogen) atoms. The third-order valence-electron chi connectivity index (χ3n) is 2.24. The molecule has 3 N–H and O–H groups in total. The van der Waals surface area contributed by atoms with Crippen molar-refractivity contribution in [2.45, 2.75) is 26.4 Å². The van der Waals surface area contributed by atoms with Crippen LogP contribution >= 0.6 is 12.4 Å². The van der Waals surface area contributed by atoms with E-state index in [1.54, 1.807) is 12.1 Å². The summed E-state index contributed by atoms with van der Waals surface area (Å²) in [5.74, 6) is 0.607. The van der Waals surface area contributed by atoms with Gasteiger partial charge in [0.1, 0.15) is 5.75 Å². The summed E-state index contributed by atoms with van der Waals surface area (Å²) in [6.07, 6.45) is 1.16. The molecule has 0 radical (unpaired) electrons. The van der Waals surface area contributed by atoms with Gasteiger partial charge >= 0.3 is 0 Å². The van der Waals surface area contributed by atoms with Crippen LogP contribution in [0.3, 0.4) is 0 Å². The lowest BCUT2D eigenvalue weighted by molar-refractivity contribution is -0.114. The van der Waals surface area contributed by atoms with Crippen LogP contribution in [0.25, 0.3) is 0 Å². The fraction of sp³-hybridized carbons (Fsp3) is 0.417. The molecule has 1 amide bonds. The number of hydrogen-bond donors (Lipinski definition) is 2. The van der Waals surface area contributed by atoms with Gasteiger partial charge < -0.3 is 15.8 Å². The van der Waals surface area contributed by atoms with E-state index in [1.807, 2.05) is 19.1 Å². The van der Waals surface area contributed by atoms with Gasteiger partial charge in [0.25, 0.3) is 0 Å². The van der Waals surface area contributed by atoms with Gasteiger partial charge in [0, 0.05) is 5.69 Å². The standard InChI is InChI=1S/C12H18N2O2.ClH/c1-3-9(2)16-11-6-4-10(5-7-11)14-12(15)8-13;/h4-7,9H,3,8,13H2,1-2H3,(H,14,15);1H. The van der Waals surface area contributed by atoms with Crippen molar-refractivity contribution in [1.82, 2.24) is 0 Å². The maximum atomic E-state index is 11.0. The summed E-state index contributed by atoms with van der Waals surface area (Å²) >= 11 is 0. The summed E-state index contributed by atoms with van der Waals surface area (Å²) < 4.78 is 5.61. The molecule has 0 aromatic heterocycles. The second-order valence-corrected chi connectivity index (χ2v) is 3.61. The Morgan fingerprint density at radius 3 is 2.47 bits per heavy atom. The molecule has 0 aliphatic carbocycles. The van der Waals surface area contributed by atoms with Crippen LogP contribution < -0.4 is 15.8 Å². The fourth-order valence-electron chi connectivity index (χ4n) is 1.14. The van der Waals surface area contributed by atoms with Gasteiger partial charge in [0.2, 0.25) is 5.91 Å². The van der Waals surface area contributed by atoms with E-state index in [9.17, 15) is 4.79 Å². The number of nitrogens with one attached hydrogen (secondary N) is 1. The molecular weight excluding hydrogens is 240 g/mol. The lowest BCUT2D eigenvalue weighted by atomic mass is 10.3. The Morgan fingerprint density at radius 1 is 1.41 bits per heavy atom. The first-order valence-corrected chi connectivity index (χ1v) is 5.42. The predicted octanol–water partition coefficient (Wildman–Crippen LogP) is 2.18. The van der Waals surface area contributed by atoms with E-state index < -0.39 is 0 Å². The normalized spacial score (nSPS) is 11.2. The molecular formula is C12H19ClN2O2. The summed E-state index contributed by atoms with van der Waals surface area (Å²) in [6.45, 7) is 4.08. The van der Waals surface area contributed by atoms with Crippen molar-refractivity contribution in [3.8, 4) is 5.75 Å². The number of nitrogens with two attached hydrogens (primary N) is 1. The SMILES string of the molecule is CCC(C)Oc1ccc(NC(=O)CN)cc1.Cl. The zero-order chi connectivity index (χ0) is 12.0. The topological polar surface area (TPSA) is 64.3 Å². The van der Waals surface area contributed by atoms with Crippen molar-refractivity contribution in [1.29, 1.82) is 0 Å². The Morgan fingerprint density at radius 2 is 2.00 bits per heavy atom. The predicted molar refractivity (Wildman–Crippen MR) is 71.8 cm³/mol. The number of carbonyl (C=O) groups excluding carboxylic acids is 1. The molecule has 0 aliphatic rings. The van der Waals surface area contributed by atoms with Gasteiger partial charge in [-0.2, -0.15) is 0 Å². The molecule has 0 fully saturated rings. The maximum Gasteiger partial charge on any atom is 0.238 e. The number of anilines is 1. The quantitative estimate of drug-likeness (QED) is 0.851. The molecule has 1 aromatic carbocycles. The smallest absolute Gasteiger partial charge is 0.238 e. The molecule has 1 unspecified atom stereocenters. The molecule has 1 aromatic rings. The summed E-state index contributed by atoms with van der Waals surface area (Å²) in [6, 6.07) is 7.26. The highest BCUT2D eigenvalue weighted by molar-refractivity contribution is 5.92. The minimum absolute atomic E-state index is 0. The number of rotatable bonds is 5. The Labute approximate surface area is 108 Å². The van der Waals surface area contributed by atoms with E-state index in [-0.39, 0.29) is 31.0 Å². The van der Waals surface area contributed by atoms with Crippen molar-refractivity contribution < 1.29 is 9.53 Å². The second kappa shape index (κ2) is 7.92. The Kier molecular flexibility index (Phi) is 7.34. The number of carbonyl (C=O) groups is 1. The first-order chi connectivity index (χ1) is 7.65. The Bertz CT molecular complexity index is 341. The van der Waals surface area contributed by atoms with E-state index in [2.05, 4.69) is 12.2 Å². The molecule has 4 nitrogen and oxygen atoms in total. The largest absolute Gasteiger partial charge is 0.491 e. The molecule has 1 rings (SSSR count). The van der Waals surface area contributed by atoms with E-state index in [4.69, 9.17) is 10.5 Å². The van der Waals surface area contributed by atoms with Crippen molar-refractivity contribution in [2.24, 2.45) is 5.73 Å². The molecule has 0 saturated carbocycles. The monoisotopic (exact) mass is 258 g/mol. The van der Waals surface area contributed by atoms with Gasteiger partial charge in [-0.25, -0.2) is 0 Å². The first kappa shape index (κ1) is 15.7. The number of amides is 1. The third kappa shape index (κ3) is 5.56. The molecule has 0 saturated heterocycles. The van der Waals surface area contributed by atoms with Crippen molar-refractivity contribution in [3.05, 3.63) is 24.3 Å². The Hall–Kier alpha value is -1.26. The molecule has 0 heterocycles. The van der Waals surface area contributed by atoms with Crippen LogP contribution in [0.4, 0.5) is 5.69 Å². The number of benzene rings is 1. The van der Waals surface area contributed by atoms with Gasteiger partial charge in [-0.05, 0) is 37.6 Å². The van der Waals surface area contributed by atoms with E-state index in [0.717, 1.165) is 17.9 Å². The van der Waals surface area contributed by atoms with E-state index in [1.165, 1.54) is 0 Å². The van der Waals surface area contributed by atoms with Gasteiger partial charge in [-0.1, -0.05) is 6.92 Å². The van der Waals surface area contributed by atoms with Gasteiger partial charge in [0.05, 0.1) is 12.6 Å². The molecule has 0 aliphatic heterocycles. The Balaban J connectivity index is 0.00000256. The zero-order valence-corrected chi connectivity index (χ0v) is 10.9. The van der Waals surface area contributed by atoms with Crippen molar-refractivity contribution in [3.63, 3.8) is 0 Å². The van der Waals surface area contributed by atoms with Gasteiger partial charge in [-0.15, -0.1) is 12.4 Å². The number of ether oxygens (including phenoxy) is 1. The average molecular weight is 259 g/mol. The lowest BCUT2D eigenvalue weighted by Crippen LogP contribution is -2.21. The summed E-state index contributed by atoms with van der Waals surface area (Å²) in [4.78, 5) is 11.0. The highest BCUT2D eigenvalue weighted by Crippen LogP contribution is 2.17. The molecule has 1 atom stereocenters. The summed E-state index contributed by atoms with van der Waals surface area (Å²) in [7, 11) is 0. The lowest BCUT2D eigenvalue weighted by Gasteiger charge is -2.12. The highest BCUT2D eigenvalue weighted by Gasteiger charge is 2.02. The van der Waals surface area contributed by atoms with Crippen LogP contribution in [0.5, 0.6) is 5.75 Å². The van der Waals surface area contributed by atoms with Crippen molar-refractivity contribution >= 4 is 24.0 Å². The van der Waals surface area contributed by atoms with Crippen LogP contribution in [-0.4, -0.2) is 18.6 Å². The van der Waals surface area contributed by atoms with E-state index in [0.29, 0.717) is 0 Å². The fourth-order valence-corrected chi connectivity index (χ4v) is 1.14. The average Bonchev–Trinajstić information content (AvgIpc) is 2.31. The van der Waals surface area contributed by atoms with Crippen molar-refractivity contribution in [2.75, 3.05) is 11.9 Å². The number of halogens is 1. The molecule has 0 spiro atoms. The zero-order valence-electron chi connectivity index (χ0n) is 10.1. The second-order valence-electron chi connectivity index (χ2n) is 3.61. The van der Waals surface area contributed by atoms with Crippen LogP contribution in [-0.2, 0) is 4.79 Å². The molecule has 5 heteroatoms. The van der Waals surface area contributed by atoms with E-state index >= 15 is 0 Å². The number of hydrogen-bond acceptors (Lipinski definition) is 3.